The molecule has 41 heavy (non-hydrogen) atoms. The minimum atomic E-state index is -0.698. The van der Waals surface area contributed by atoms with Gasteiger partial charge in [0, 0.05) is 38.9 Å². The van der Waals surface area contributed by atoms with Gasteiger partial charge in [0.05, 0.1) is 6.61 Å². The van der Waals surface area contributed by atoms with Crippen LogP contribution in [0.25, 0.3) is 0 Å². The number of rotatable bonds is 29. The molecular weight excluding hydrogens is 524 g/mol. The zero-order valence-electron chi connectivity index (χ0n) is 26.0. The van der Waals surface area contributed by atoms with Crippen molar-refractivity contribution in [2.24, 2.45) is 5.92 Å². The van der Waals surface area contributed by atoms with Gasteiger partial charge in [-0.2, -0.15) is 0 Å². The normalized spacial score (nSPS) is 10.9. The lowest BCUT2D eigenvalue weighted by molar-refractivity contribution is -0.137. The van der Waals surface area contributed by atoms with Crippen molar-refractivity contribution in [1.82, 2.24) is 21.3 Å². The Kier molecular flexibility index (Phi) is 27.5. The van der Waals surface area contributed by atoms with E-state index in [9.17, 15) is 19.2 Å². The molecule has 0 aromatic heterocycles. The third-order valence-electron chi connectivity index (χ3n) is 6.65. The van der Waals surface area contributed by atoms with Gasteiger partial charge < -0.3 is 31.1 Å². The van der Waals surface area contributed by atoms with Crippen LogP contribution in [0.5, 0.6) is 0 Å². The number of carboxylic acids is 1. The van der Waals surface area contributed by atoms with Gasteiger partial charge in [-0.25, -0.2) is 4.79 Å². The zero-order chi connectivity index (χ0) is 30.4. The molecule has 5 N–H and O–H groups in total. The van der Waals surface area contributed by atoms with E-state index < -0.39 is 5.97 Å². The summed E-state index contributed by atoms with van der Waals surface area (Å²) >= 11 is 0. The van der Waals surface area contributed by atoms with Gasteiger partial charge in [-0.3, -0.25) is 14.4 Å². The second-order valence-electron chi connectivity index (χ2n) is 11.3. The van der Waals surface area contributed by atoms with E-state index >= 15 is 0 Å². The lowest BCUT2D eigenvalue weighted by Gasteiger charge is -2.09. The summed E-state index contributed by atoms with van der Waals surface area (Å²) < 4.78 is 5.05. The van der Waals surface area contributed by atoms with Crippen molar-refractivity contribution in [2.75, 3.05) is 39.3 Å². The minimum absolute atomic E-state index is 0.0212. The van der Waals surface area contributed by atoms with Crippen molar-refractivity contribution in [3.63, 3.8) is 0 Å². The Hall–Kier alpha value is -2.36. The van der Waals surface area contributed by atoms with Gasteiger partial charge in [0.1, 0.15) is 0 Å². The molecule has 0 aromatic carbocycles. The third kappa shape index (κ3) is 32.0. The number of nitrogens with one attached hydrogen (secondary N) is 4. The lowest BCUT2D eigenvalue weighted by atomic mass is 10.0. The summed E-state index contributed by atoms with van der Waals surface area (Å²) in [5, 5.41) is 20.5. The van der Waals surface area contributed by atoms with Gasteiger partial charge >= 0.3 is 12.1 Å². The largest absolute Gasteiger partial charge is 0.481 e. The van der Waals surface area contributed by atoms with Gasteiger partial charge in [0.15, 0.2) is 0 Å². The summed E-state index contributed by atoms with van der Waals surface area (Å²) in [5.74, 6) is -0.271. The Morgan fingerprint density at radius 2 is 0.976 bits per heavy atom. The molecule has 0 aromatic rings. The Bertz CT molecular complexity index is 675. The highest BCUT2D eigenvalue weighted by Gasteiger charge is 2.04. The average molecular weight is 585 g/mol. The number of aliphatic carboxylic acids is 1. The van der Waals surface area contributed by atoms with E-state index in [-0.39, 0.29) is 24.3 Å². The first kappa shape index (κ1) is 38.6. The Morgan fingerprint density at radius 1 is 0.537 bits per heavy atom. The number of amides is 3. The van der Waals surface area contributed by atoms with Crippen LogP contribution < -0.4 is 21.3 Å². The molecular formula is C31H60N4O6. The average Bonchev–Trinajstić information content (AvgIpc) is 2.93. The number of unbranched alkanes of at least 4 members (excludes halogenated alkanes) is 11. The van der Waals surface area contributed by atoms with Crippen molar-refractivity contribution >= 4 is 23.9 Å². The molecule has 0 heterocycles. The smallest absolute Gasteiger partial charge is 0.407 e. The highest BCUT2D eigenvalue weighted by Crippen LogP contribution is 2.12. The number of alkyl carbamates (subject to hydrolysis) is 1. The number of carbonyl (C=O) groups excluding carboxylic acids is 3. The molecule has 0 aliphatic heterocycles. The van der Waals surface area contributed by atoms with Crippen LogP contribution in [0.3, 0.4) is 0 Å². The van der Waals surface area contributed by atoms with E-state index in [1.807, 2.05) is 13.8 Å². The van der Waals surface area contributed by atoms with Crippen LogP contribution in [0.15, 0.2) is 0 Å². The van der Waals surface area contributed by atoms with Crippen molar-refractivity contribution in [2.45, 2.75) is 129 Å². The molecule has 0 unspecified atom stereocenters. The fourth-order valence-electron chi connectivity index (χ4n) is 4.23. The minimum Gasteiger partial charge on any atom is -0.481 e. The summed E-state index contributed by atoms with van der Waals surface area (Å²) in [4.78, 5) is 45.8. The summed E-state index contributed by atoms with van der Waals surface area (Å²) in [5.41, 5.74) is 0. The monoisotopic (exact) mass is 584 g/mol. The second kappa shape index (κ2) is 29.1. The van der Waals surface area contributed by atoms with Crippen LogP contribution in [-0.4, -0.2) is 68.3 Å². The molecule has 0 saturated heterocycles. The van der Waals surface area contributed by atoms with Crippen molar-refractivity contribution in [3.8, 4) is 0 Å². The molecule has 0 atom stereocenters. The molecule has 0 aliphatic rings. The molecule has 0 bridgehead atoms. The molecule has 3 amide bonds. The standard InChI is InChI=1S/C31H60N4O6/c1-27(2)26-41-31(40)35-23-15-14-21-32-22-17-25-34-29(37)19-16-24-33-28(36)18-12-10-8-6-4-3-5-7-9-11-13-20-30(38)39/h27,32H,3-26H2,1-2H3,(H,33,36)(H,34,37)(H,35,40)(H,38,39). The van der Waals surface area contributed by atoms with E-state index in [2.05, 4.69) is 21.3 Å². The Labute approximate surface area is 248 Å². The van der Waals surface area contributed by atoms with Crippen LogP contribution in [0.4, 0.5) is 4.79 Å². The predicted molar refractivity (Wildman–Crippen MR) is 164 cm³/mol. The fraction of sp³-hybridized carbons (Fsp3) is 0.871. The first-order chi connectivity index (χ1) is 19.8. The maximum Gasteiger partial charge on any atom is 0.407 e. The van der Waals surface area contributed by atoms with Crippen LogP contribution in [0.1, 0.15) is 129 Å². The second-order valence-corrected chi connectivity index (χ2v) is 11.3. The van der Waals surface area contributed by atoms with Gasteiger partial charge in [-0.15, -0.1) is 0 Å². The molecule has 10 heteroatoms. The van der Waals surface area contributed by atoms with Crippen molar-refractivity contribution in [3.05, 3.63) is 0 Å². The highest BCUT2D eigenvalue weighted by atomic mass is 16.5. The van der Waals surface area contributed by atoms with Crippen LogP contribution in [-0.2, 0) is 19.1 Å². The van der Waals surface area contributed by atoms with Crippen LogP contribution >= 0.6 is 0 Å². The third-order valence-corrected chi connectivity index (χ3v) is 6.65. The predicted octanol–water partition coefficient (Wildman–Crippen LogP) is 5.30. The quantitative estimate of drug-likeness (QED) is 0.0750. The molecule has 0 fully saturated rings. The van der Waals surface area contributed by atoms with Gasteiger partial charge in [-0.1, -0.05) is 71.6 Å². The number of ether oxygens (including phenoxy) is 1. The first-order valence-electron chi connectivity index (χ1n) is 16.2. The van der Waals surface area contributed by atoms with E-state index in [1.165, 1.54) is 32.1 Å². The molecule has 0 radical (unpaired) electrons. The fourth-order valence-corrected chi connectivity index (χ4v) is 4.23. The zero-order valence-corrected chi connectivity index (χ0v) is 26.0. The number of carboxylic acid groups (broad SMARTS) is 1. The summed E-state index contributed by atoms with van der Waals surface area (Å²) in [6.07, 6.45) is 16.5. The van der Waals surface area contributed by atoms with E-state index in [4.69, 9.17) is 9.84 Å². The summed E-state index contributed by atoms with van der Waals surface area (Å²) in [6.45, 7) is 7.92. The first-order valence-corrected chi connectivity index (χ1v) is 16.2. The van der Waals surface area contributed by atoms with Gasteiger partial charge in [-0.05, 0) is 57.5 Å². The maximum absolute atomic E-state index is 12.0. The number of hydrogen-bond donors (Lipinski definition) is 5. The molecule has 0 rings (SSSR count). The number of hydrogen-bond acceptors (Lipinski definition) is 6. The Balaban J connectivity index is 3.34. The highest BCUT2D eigenvalue weighted by molar-refractivity contribution is 5.77. The van der Waals surface area contributed by atoms with Gasteiger partial charge in [0.25, 0.3) is 0 Å². The molecule has 0 aliphatic carbocycles. The summed E-state index contributed by atoms with van der Waals surface area (Å²) in [7, 11) is 0. The van der Waals surface area contributed by atoms with Crippen LogP contribution in [0.2, 0.25) is 0 Å². The van der Waals surface area contributed by atoms with Crippen molar-refractivity contribution in [1.29, 1.82) is 0 Å². The van der Waals surface area contributed by atoms with E-state index in [1.54, 1.807) is 0 Å². The molecule has 240 valence electrons. The molecule has 10 nitrogen and oxygen atoms in total. The summed E-state index contributed by atoms with van der Waals surface area (Å²) in [6, 6.07) is 0. The molecule has 0 spiro atoms. The Morgan fingerprint density at radius 3 is 1.54 bits per heavy atom. The topological polar surface area (TPSA) is 146 Å². The van der Waals surface area contributed by atoms with E-state index in [0.717, 1.165) is 70.9 Å². The molecule has 0 saturated carbocycles. The van der Waals surface area contributed by atoms with Gasteiger partial charge in [0.2, 0.25) is 11.8 Å². The maximum atomic E-state index is 12.0. The van der Waals surface area contributed by atoms with Crippen LogP contribution in [0, 0.1) is 5.92 Å². The SMILES string of the molecule is CC(C)COC(=O)NCCCCNCCCNC(=O)CCCNC(=O)CCCCCCCCCCCCCC(=O)O. The number of carbonyl (C=O) groups is 4. The van der Waals surface area contributed by atoms with Crippen molar-refractivity contribution < 1.29 is 29.0 Å². The van der Waals surface area contributed by atoms with E-state index in [0.29, 0.717) is 51.4 Å². The lowest BCUT2D eigenvalue weighted by Crippen LogP contribution is -2.29.